The van der Waals surface area contributed by atoms with Gasteiger partial charge < -0.3 is 15.0 Å². The Hall–Kier alpha value is -2.89. The number of hydrogen-bond donors (Lipinski definition) is 1. The molecule has 0 saturated heterocycles. The largest absolute Gasteiger partial charge is 0.496 e. The van der Waals surface area contributed by atoms with Crippen molar-refractivity contribution >= 4 is 59.4 Å². The van der Waals surface area contributed by atoms with Crippen LogP contribution in [0.4, 0.5) is 5.69 Å². The molecule has 0 spiro atoms. The van der Waals surface area contributed by atoms with E-state index in [2.05, 4.69) is 37.2 Å². The molecule has 11 heteroatoms. The van der Waals surface area contributed by atoms with Crippen molar-refractivity contribution in [1.82, 2.24) is 10.2 Å². The number of ether oxygens (including phenoxy) is 1. The highest BCUT2D eigenvalue weighted by atomic mass is 79.9. The van der Waals surface area contributed by atoms with Crippen molar-refractivity contribution in [2.24, 2.45) is 0 Å². The first-order chi connectivity index (χ1) is 19.0. The van der Waals surface area contributed by atoms with Crippen LogP contribution in [0.1, 0.15) is 31.4 Å². The Balaban J connectivity index is 2.04. The average Bonchev–Trinajstić information content (AvgIpc) is 2.93. The number of carbonyl (C=O) groups is 2. The number of carbonyl (C=O) groups excluding carboxylic acids is 2. The molecule has 0 aromatic heterocycles. The van der Waals surface area contributed by atoms with Gasteiger partial charge in [-0.2, -0.15) is 0 Å². The molecule has 1 N–H and O–H groups in total. The van der Waals surface area contributed by atoms with Crippen molar-refractivity contribution < 1.29 is 22.7 Å². The van der Waals surface area contributed by atoms with E-state index < -0.39 is 28.5 Å². The smallest absolute Gasteiger partial charge is 0.264 e. The Labute approximate surface area is 253 Å². The van der Waals surface area contributed by atoms with Crippen LogP contribution < -0.4 is 14.4 Å². The molecule has 0 saturated carbocycles. The topological polar surface area (TPSA) is 96.0 Å². The van der Waals surface area contributed by atoms with Gasteiger partial charge >= 0.3 is 0 Å². The molecule has 0 fully saturated rings. The van der Waals surface area contributed by atoms with E-state index in [0.717, 1.165) is 26.3 Å². The van der Waals surface area contributed by atoms with Gasteiger partial charge in [-0.15, -0.1) is 0 Å². The van der Waals surface area contributed by atoms with E-state index in [0.29, 0.717) is 22.5 Å². The molecular weight excluding hydrogens is 662 g/mol. The predicted octanol–water partition coefficient (Wildman–Crippen LogP) is 5.67. The molecule has 3 rings (SSSR count). The van der Waals surface area contributed by atoms with E-state index in [1.807, 2.05) is 38.1 Å². The van der Waals surface area contributed by atoms with Crippen molar-refractivity contribution in [2.45, 2.75) is 44.7 Å². The minimum atomic E-state index is -4.19. The van der Waals surface area contributed by atoms with Gasteiger partial charge in [0.1, 0.15) is 18.3 Å². The van der Waals surface area contributed by atoms with Crippen molar-refractivity contribution in [3.05, 3.63) is 86.8 Å². The summed E-state index contributed by atoms with van der Waals surface area (Å²) in [6.45, 7) is 5.57. The molecule has 40 heavy (non-hydrogen) atoms. The van der Waals surface area contributed by atoms with Gasteiger partial charge in [-0.3, -0.25) is 13.9 Å². The van der Waals surface area contributed by atoms with Gasteiger partial charge in [0.15, 0.2) is 0 Å². The van der Waals surface area contributed by atoms with Gasteiger partial charge in [-0.05, 0) is 84.2 Å². The lowest BCUT2D eigenvalue weighted by Gasteiger charge is -2.32. The molecule has 8 nitrogen and oxygen atoms in total. The van der Waals surface area contributed by atoms with E-state index in [-0.39, 0.29) is 17.3 Å². The van der Waals surface area contributed by atoms with E-state index in [9.17, 15) is 18.0 Å². The molecule has 214 valence electrons. The lowest BCUT2D eigenvalue weighted by atomic mass is 10.1. The average molecular weight is 695 g/mol. The maximum absolute atomic E-state index is 14.0. The molecule has 3 aromatic rings. The summed E-state index contributed by atoms with van der Waals surface area (Å²) in [4.78, 5) is 28.3. The fourth-order valence-corrected chi connectivity index (χ4v) is 6.56. The highest BCUT2D eigenvalue weighted by Crippen LogP contribution is 2.31. The molecule has 0 aliphatic rings. The minimum Gasteiger partial charge on any atom is -0.496 e. The number of nitrogens with zero attached hydrogens (tertiary/aromatic N) is 2. The van der Waals surface area contributed by atoms with Gasteiger partial charge in [-0.1, -0.05) is 52.7 Å². The molecule has 3 aromatic carbocycles. The van der Waals surface area contributed by atoms with E-state index in [1.54, 1.807) is 37.3 Å². The van der Waals surface area contributed by atoms with Gasteiger partial charge in [0.25, 0.3) is 10.0 Å². The summed E-state index contributed by atoms with van der Waals surface area (Å²) in [5, 5.41) is 2.84. The second-order valence-corrected chi connectivity index (χ2v) is 12.9. The monoisotopic (exact) mass is 693 g/mol. The maximum atomic E-state index is 14.0. The summed E-state index contributed by atoms with van der Waals surface area (Å²) in [6.07, 6.45) is 0.745. The molecule has 0 aliphatic heterocycles. The molecule has 0 aliphatic carbocycles. The first-order valence-electron chi connectivity index (χ1n) is 12.7. The number of nitrogens with one attached hydrogen (secondary N) is 1. The molecule has 2 amide bonds. The van der Waals surface area contributed by atoms with Crippen molar-refractivity contribution in [2.75, 3.05) is 24.5 Å². The number of hydrogen-bond acceptors (Lipinski definition) is 5. The summed E-state index contributed by atoms with van der Waals surface area (Å²) in [7, 11) is -2.70. The fourth-order valence-electron chi connectivity index (χ4n) is 3.99. The van der Waals surface area contributed by atoms with Crippen LogP contribution in [0.3, 0.4) is 0 Å². The number of sulfonamides is 1. The van der Waals surface area contributed by atoms with Gasteiger partial charge in [-0.25, -0.2) is 8.42 Å². The summed E-state index contributed by atoms with van der Waals surface area (Å²) >= 11 is 6.81. The lowest BCUT2D eigenvalue weighted by molar-refractivity contribution is -0.139. The molecule has 0 heterocycles. The predicted molar refractivity (Wildman–Crippen MR) is 164 cm³/mol. The van der Waals surface area contributed by atoms with E-state index in [1.165, 1.54) is 24.1 Å². The molecule has 0 unspecified atom stereocenters. The zero-order chi connectivity index (χ0) is 29.4. The Morgan fingerprint density at radius 1 is 1.02 bits per heavy atom. The fraction of sp³-hybridized carbons (Fsp3) is 0.310. The zero-order valence-electron chi connectivity index (χ0n) is 22.9. The standard InChI is InChI=1S/C29H33Br2N3O5S/c1-5-15-32-29(36)21(3)33(18-22-7-6-8-23(30)16-22)28(35)19-34(24-11-9-20(2)10-12-24)40(37,38)25-13-14-27(39-4)26(31)17-25/h6-14,16-17,21H,5,15,18-19H2,1-4H3,(H,32,36)/t21-/m0/s1. The Morgan fingerprint density at radius 3 is 2.33 bits per heavy atom. The van der Waals surface area contributed by atoms with Gasteiger partial charge in [0.2, 0.25) is 11.8 Å². The van der Waals surface area contributed by atoms with E-state index in [4.69, 9.17) is 4.74 Å². The van der Waals surface area contributed by atoms with Crippen LogP contribution in [0.25, 0.3) is 0 Å². The first-order valence-corrected chi connectivity index (χ1v) is 15.7. The highest BCUT2D eigenvalue weighted by molar-refractivity contribution is 9.10. The Morgan fingerprint density at radius 2 is 1.73 bits per heavy atom. The van der Waals surface area contributed by atoms with Crippen molar-refractivity contribution in [3.63, 3.8) is 0 Å². The van der Waals surface area contributed by atoms with Crippen LogP contribution >= 0.6 is 31.9 Å². The third kappa shape index (κ3) is 7.86. The van der Waals surface area contributed by atoms with Crippen LogP contribution in [0.5, 0.6) is 5.75 Å². The quantitative estimate of drug-likeness (QED) is 0.264. The Kier molecular flexibility index (Phi) is 11.2. The second kappa shape index (κ2) is 14.1. The molecule has 0 radical (unpaired) electrons. The van der Waals surface area contributed by atoms with Crippen LogP contribution in [0, 0.1) is 6.92 Å². The van der Waals surface area contributed by atoms with Crippen molar-refractivity contribution in [3.8, 4) is 5.75 Å². The molecule has 1 atom stereocenters. The zero-order valence-corrected chi connectivity index (χ0v) is 26.8. The summed E-state index contributed by atoms with van der Waals surface area (Å²) < 4.78 is 35.6. The van der Waals surface area contributed by atoms with Crippen molar-refractivity contribution in [1.29, 1.82) is 0 Å². The first kappa shape index (κ1) is 31.6. The maximum Gasteiger partial charge on any atom is 0.264 e. The summed E-state index contributed by atoms with van der Waals surface area (Å²) in [6, 6.07) is 17.9. The molecule has 0 bridgehead atoms. The normalized spacial score (nSPS) is 11.9. The number of aryl methyl sites for hydroxylation is 1. The third-order valence-electron chi connectivity index (χ3n) is 6.27. The highest BCUT2D eigenvalue weighted by Gasteiger charge is 2.32. The number of rotatable bonds is 12. The van der Waals surface area contributed by atoms with Crippen LogP contribution in [-0.2, 0) is 26.2 Å². The minimum absolute atomic E-state index is 0.0131. The van der Waals surface area contributed by atoms with Gasteiger partial charge in [0.05, 0.1) is 22.2 Å². The number of methoxy groups -OCH3 is 1. The SMILES string of the molecule is CCCNC(=O)[C@H](C)N(Cc1cccc(Br)c1)C(=O)CN(c1ccc(C)cc1)S(=O)(=O)c1ccc(OC)c(Br)c1. The van der Waals surface area contributed by atoms with Crippen LogP contribution in [0.15, 0.2) is 80.6 Å². The second-order valence-electron chi connectivity index (χ2n) is 9.26. The summed E-state index contributed by atoms with van der Waals surface area (Å²) in [5.74, 6) is -0.353. The number of halogens is 2. The number of anilines is 1. The number of amides is 2. The third-order valence-corrected chi connectivity index (χ3v) is 9.15. The molecular formula is C29H33Br2N3O5S. The number of benzene rings is 3. The Bertz CT molecular complexity index is 1450. The van der Waals surface area contributed by atoms with Crippen LogP contribution in [-0.4, -0.2) is 51.4 Å². The lowest BCUT2D eigenvalue weighted by Crippen LogP contribution is -2.51. The van der Waals surface area contributed by atoms with E-state index >= 15 is 0 Å². The van der Waals surface area contributed by atoms with Gasteiger partial charge in [0, 0.05) is 17.6 Å². The summed E-state index contributed by atoms with van der Waals surface area (Å²) in [5.41, 5.74) is 2.06. The van der Waals surface area contributed by atoms with Crippen LogP contribution in [0.2, 0.25) is 0 Å².